The molecule has 48 valence electrons. The van der Waals surface area contributed by atoms with Crippen molar-refractivity contribution in [2.75, 3.05) is 0 Å². The summed E-state index contributed by atoms with van der Waals surface area (Å²) >= 11 is 10.8. The van der Waals surface area contributed by atoms with Gasteiger partial charge in [0.2, 0.25) is 0 Å². The highest BCUT2D eigenvalue weighted by Crippen LogP contribution is 2.13. The number of nitrogens with one attached hydrogen (secondary N) is 1. The summed E-state index contributed by atoms with van der Waals surface area (Å²) in [5.74, 6) is 0. The van der Waals surface area contributed by atoms with E-state index < -0.39 is 0 Å². The van der Waals surface area contributed by atoms with E-state index >= 15 is 0 Å². The molecular weight excluding hydrogens is 174 g/mol. The van der Waals surface area contributed by atoms with Crippen LogP contribution in [0.2, 0.25) is 4.34 Å². The van der Waals surface area contributed by atoms with Crippen LogP contribution in [0.4, 0.5) is 0 Å². The Balaban J connectivity index is 0.000000187. The van der Waals surface area contributed by atoms with Gasteiger partial charge in [-0.15, -0.1) is 11.3 Å². The average Bonchev–Trinajstić information content (AvgIpc) is 2.20. The highest BCUT2D eigenvalue weighted by atomic mass is 35.5. The van der Waals surface area contributed by atoms with Crippen molar-refractivity contribution < 1.29 is 0 Å². The van der Waals surface area contributed by atoms with Crippen LogP contribution in [0.3, 0.4) is 0 Å². The number of hydrogen-bond donors (Lipinski definition) is 1. The van der Waals surface area contributed by atoms with Crippen molar-refractivity contribution in [1.29, 1.82) is 5.41 Å². The first-order valence-electron chi connectivity index (χ1n) is 2.04. The number of thiocarbonyl (C=S) groups is 1. The molecule has 1 aromatic heterocycles. The van der Waals surface area contributed by atoms with Gasteiger partial charge in [-0.25, -0.2) is 5.41 Å². The molecule has 0 aliphatic heterocycles. The summed E-state index contributed by atoms with van der Waals surface area (Å²) in [6.45, 7) is 0. The lowest BCUT2D eigenvalue weighted by Gasteiger charge is -1.62. The molecule has 4 heteroatoms. The van der Waals surface area contributed by atoms with E-state index in [2.05, 4.69) is 12.2 Å². The zero-order valence-electron chi connectivity index (χ0n) is 4.43. The lowest BCUT2D eigenvalue weighted by Crippen LogP contribution is -1.29. The highest BCUT2D eigenvalue weighted by molar-refractivity contribution is 7.78. The molecule has 0 unspecified atom stereocenters. The third-order valence-electron chi connectivity index (χ3n) is 0.486. The minimum Gasteiger partial charge on any atom is -0.248 e. The van der Waals surface area contributed by atoms with Crippen molar-refractivity contribution in [1.82, 2.24) is 0 Å². The molecule has 1 heterocycles. The fraction of sp³-hybridized carbons (Fsp3) is 0. The average molecular weight is 178 g/mol. The third kappa shape index (κ3) is 5.66. The summed E-state index contributed by atoms with van der Waals surface area (Å²) in [6, 6.07) is 3.79. The quantitative estimate of drug-likeness (QED) is 0.478. The Morgan fingerprint density at radius 1 is 1.78 bits per heavy atom. The molecule has 0 bridgehead atoms. The van der Waals surface area contributed by atoms with Crippen molar-refractivity contribution in [2.24, 2.45) is 0 Å². The Kier molecular flexibility index (Phi) is 5.78. The summed E-state index contributed by atoms with van der Waals surface area (Å²) in [7, 11) is 0. The second-order valence-corrected chi connectivity index (χ2v) is 2.80. The van der Waals surface area contributed by atoms with Gasteiger partial charge in [0.1, 0.15) is 0 Å². The van der Waals surface area contributed by atoms with Crippen LogP contribution in [0, 0.1) is 5.41 Å². The fourth-order valence-electron chi connectivity index (χ4n) is 0.259. The summed E-state index contributed by atoms with van der Waals surface area (Å²) in [6.07, 6.45) is 0. The predicted molar refractivity (Wildman–Crippen MR) is 44.6 cm³/mol. The van der Waals surface area contributed by atoms with E-state index in [0.717, 1.165) is 4.34 Å². The highest BCUT2D eigenvalue weighted by Gasteiger charge is 1.77. The Morgan fingerprint density at radius 3 is 2.44 bits per heavy atom. The first-order valence-corrected chi connectivity index (χ1v) is 3.70. The van der Waals surface area contributed by atoms with E-state index in [0.29, 0.717) is 0 Å². The molecule has 1 rings (SSSR count). The Bertz CT molecular complexity index is 177. The van der Waals surface area contributed by atoms with Gasteiger partial charge in [0.15, 0.2) is 0 Å². The fourth-order valence-corrected chi connectivity index (χ4v) is 0.930. The van der Waals surface area contributed by atoms with E-state index in [9.17, 15) is 0 Å². The molecule has 0 spiro atoms. The second kappa shape index (κ2) is 5.92. The number of halogens is 1. The van der Waals surface area contributed by atoms with E-state index in [4.69, 9.17) is 17.0 Å². The van der Waals surface area contributed by atoms with Crippen LogP contribution >= 0.6 is 35.2 Å². The van der Waals surface area contributed by atoms with Crippen LogP contribution in [0.25, 0.3) is 0 Å². The van der Waals surface area contributed by atoms with Crippen molar-refractivity contribution in [3.63, 3.8) is 0 Å². The first-order chi connectivity index (χ1) is 4.31. The minimum absolute atomic E-state index is 0.856. The van der Waals surface area contributed by atoms with Crippen molar-refractivity contribution >= 4 is 40.3 Å². The smallest absolute Gasteiger partial charge is 0.0928 e. The van der Waals surface area contributed by atoms with Crippen LogP contribution in [0.1, 0.15) is 0 Å². The molecule has 1 N–H and O–H groups in total. The minimum atomic E-state index is 0.856. The van der Waals surface area contributed by atoms with E-state index in [1.807, 2.05) is 17.5 Å². The molecule has 9 heavy (non-hydrogen) atoms. The van der Waals surface area contributed by atoms with Gasteiger partial charge < -0.3 is 0 Å². The lowest BCUT2D eigenvalue weighted by atomic mass is 10.7. The molecule has 1 aromatic rings. The van der Waals surface area contributed by atoms with Crippen LogP contribution in [-0.4, -0.2) is 5.16 Å². The van der Waals surface area contributed by atoms with Gasteiger partial charge in [-0.1, -0.05) is 11.6 Å². The van der Waals surface area contributed by atoms with Gasteiger partial charge >= 0.3 is 0 Å². The largest absolute Gasteiger partial charge is 0.248 e. The Morgan fingerprint density at radius 2 is 2.33 bits per heavy atom. The van der Waals surface area contributed by atoms with Gasteiger partial charge in [0.05, 0.1) is 9.50 Å². The van der Waals surface area contributed by atoms with Crippen LogP contribution in [0.15, 0.2) is 17.5 Å². The molecule has 0 saturated carbocycles. The summed E-state index contributed by atoms with van der Waals surface area (Å²) in [4.78, 5) is 0. The number of rotatable bonds is 0. The molecule has 0 radical (unpaired) electrons. The standard InChI is InChI=1S/C4H3ClS.CHNS/c5-4-2-1-3-6-4;2-1-3/h1-3H;2H. The molecule has 0 atom stereocenters. The van der Waals surface area contributed by atoms with Crippen molar-refractivity contribution in [3.8, 4) is 0 Å². The van der Waals surface area contributed by atoms with Crippen molar-refractivity contribution in [3.05, 3.63) is 21.8 Å². The maximum absolute atomic E-state index is 5.77. The molecule has 0 aliphatic rings. The molecular formula is C5H4ClNS2. The summed E-state index contributed by atoms with van der Waals surface area (Å²) in [5.41, 5.74) is 0. The number of thiophene rings is 1. The molecule has 0 saturated heterocycles. The lowest BCUT2D eigenvalue weighted by molar-refractivity contribution is 1.61. The number of isothiocyanates is 1. The van der Waals surface area contributed by atoms with Gasteiger partial charge in [-0.05, 0) is 29.7 Å². The molecule has 1 nitrogen and oxygen atoms in total. The zero-order valence-corrected chi connectivity index (χ0v) is 6.82. The van der Waals surface area contributed by atoms with Crippen LogP contribution in [-0.2, 0) is 0 Å². The van der Waals surface area contributed by atoms with Gasteiger partial charge in [0, 0.05) is 0 Å². The maximum atomic E-state index is 5.77. The van der Waals surface area contributed by atoms with Crippen molar-refractivity contribution in [2.45, 2.75) is 0 Å². The number of hydrogen-bond acceptors (Lipinski definition) is 3. The predicted octanol–water partition coefficient (Wildman–Crippen LogP) is 3.07. The molecule has 0 aliphatic carbocycles. The topological polar surface area (TPSA) is 23.9 Å². The normalized spacial score (nSPS) is 6.78. The van der Waals surface area contributed by atoms with Gasteiger partial charge in [-0.2, -0.15) is 0 Å². The van der Waals surface area contributed by atoms with E-state index in [1.165, 1.54) is 0 Å². The molecule has 0 aromatic carbocycles. The summed E-state index contributed by atoms with van der Waals surface area (Å²) < 4.78 is 0.856. The summed E-state index contributed by atoms with van der Waals surface area (Å²) in [5, 5.41) is 9.30. The maximum Gasteiger partial charge on any atom is 0.0928 e. The molecule has 0 amide bonds. The van der Waals surface area contributed by atoms with Gasteiger partial charge in [0.25, 0.3) is 0 Å². The molecule has 0 fully saturated rings. The first kappa shape index (κ1) is 8.79. The second-order valence-electron chi connectivity index (χ2n) is 1.02. The zero-order chi connectivity index (χ0) is 7.11. The van der Waals surface area contributed by atoms with Crippen LogP contribution in [0.5, 0.6) is 0 Å². The monoisotopic (exact) mass is 177 g/mol. The SMILES string of the molecule is Clc1cccs1.N=C=S. The Hall–Kier alpha value is -0.210. The van der Waals surface area contributed by atoms with Crippen LogP contribution < -0.4 is 0 Å². The van der Waals surface area contributed by atoms with Gasteiger partial charge in [-0.3, -0.25) is 0 Å². The van der Waals surface area contributed by atoms with E-state index in [-0.39, 0.29) is 0 Å². The Labute approximate surface area is 67.8 Å². The third-order valence-corrected chi connectivity index (χ3v) is 1.53. The van der Waals surface area contributed by atoms with E-state index in [1.54, 1.807) is 16.5 Å².